The molecule has 2 aliphatic rings. The van der Waals surface area contributed by atoms with E-state index in [-0.39, 0.29) is 11.8 Å². The molecule has 0 N–H and O–H groups in total. The third-order valence-corrected chi connectivity index (χ3v) is 7.33. The van der Waals surface area contributed by atoms with E-state index in [2.05, 4.69) is 48.1 Å². The van der Waals surface area contributed by atoms with Gasteiger partial charge in [-0.05, 0) is 58.4 Å². The second kappa shape index (κ2) is 9.64. The first-order valence-electron chi connectivity index (χ1n) is 12.1. The van der Waals surface area contributed by atoms with E-state index in [0.29, 0.717) is 11.5 Å². The molecule has 1 aromatic heterocycles. The first-order chi connectivity index (χ1) is 15.8. The minimum Gasteiger partial charge on any atom is -0.342 e. The number of rotatable bonds is 4. The van der Waals surface area contributed by atoms with Crippen molar-refractivity contribution in [3.8, 4) is 0 Å². The van der Waals surface area contributed by atoms with Crippen LogP contribution in [0.25, 0.3) is 0 Å². The zero-order chi connectivity index (χ0) is 23.6. The zero-order valence-electron chi connectivity index (χ0n) is 20.4. The second-order valence-electron chi connectivity index (χ2n) is 10.1. The Hall–Kier alpha value is -2.73. The molecular weight excluding hydrogens is 412 g/mol. The number of amides is 2. The molecule has 0 bridgehead atoms. The smallest absolute Gasteiger partial charge is 0.255 e. The van der Waals surface area contributed by atoms with Gasteiger partial charge in [-0.15, -0.1) is 0 Å². The van der Waals surface area contributed by atoms with Gasteiger partial charge in [0.15, 0.2) is 0 Å². The first-order valence-corrected chi connectivity index (χ1v) is 12.1. The number of piperidine rings is 1. The number of carbonyl (C=O) groups excluding carboxylic acids is 2. The predicted molar refractivity (Wildman–Crippen MR) is 130 cm³/mol. The first kappa shape index (κ1) is 23.4. The van der Waals surface area contributed by atoms with Gasteiger partial charge in [0.2, 0.25) is 5.91 Å². The topological polar surface area (TPSA) is 56.8 Å². The summed E-state index contributed by atoms with van der Waals surface area (Å²) < 4.78 is 0. The fourth-order valence-electron chi connectivity index (χ4n) is 4.83. The van der Waals surface area contributed by atoms with Crippen molar-refractivity contribution in [3.05, 3.63) is 65.0 Å². The molecule has 4 rings (SSSR count). The molecule has 0 radical (unpaired) electrons. The molecule has 2 aliphatic heterocycles. The van der Waals surface area contributed by atoms with E-state index < -0.39 is 5.41 Å². The summed E-state index contributed by atoms with van der Waals surface area (Å²) in [7, 11) is 2.08. The number of likely N-dealkylation sites (tertiary alicyclic amines) is 1. The lowest BCUT2D eigenvalue weighted by Crippen LogP contribution is -2.47. The predicted octanol–water partition coefficient (Wildman–Crippen LogP) is 3.46. The van der Waals surface area contributed by atoms with Crippen LogP contribution in [0.1, 0.15) is 59.8 Å². The van der Waals surface area contributed by atoms with Gasteiger partial charge in [0.1, 0.15) is 0 Å². The number of hydrogen-bond acceptors (Lipinski definition) is 4. The Kier molecular flexibility index (Phi) is 6.84. The van der Waals surface area contributed by atoms with Crippen LogP contribution in [0.3, 0.4) is 0 Å². The summed E-state index contributed by atoms with van der Waals surface area (Å²) in [6.07, 6.45) is 3.52. The van der Waals surface area contributed by atoms with Gasteiger partial charge in [0, 0.05) is 57.1 Å². The molecule has 2 aromatic rings. The highest BCUT2D eigenvalue weighted by atomic mass is 16.2. The lowest BCUT2D eigenvalue weighted by Gasteiger charge is -2.37. The van der Waals surface area contributed by atoms with Gasteiger partial charge in [0.05, 0.1) is 11.0 Å². The maximum absolute atomic E-state index is 13.3. The van der Waals surface area contributed by atoms with Crippen molar-refractivity contribution in [1.82, 2.24) is 19.7 Å². The average Bonchev–Trinajstić information content (AvgIpc) is 2.84. The Morgan fingerprint density at radius 3 is 2.09 bits per heavy atom. The number of hydrogen-bond donors (Lipinski definition) is 0. The Balaban J connectivity index is 1.34. The lowest BCUT2D eigenvalue weighted by atomic mass is 9.82. The Morgan fingerprint density at radius 1 is 0.879 bits per heavy atom. The van der Waals surface area contributed by atoms with Crippen molar-refractivity contribution in [3.63, 3.8) is 0 Å². The van der Waals surface area contributed by atoms with Gasteiger partial charge >= 0.3 is 0 Å². The van der Waals surface area contributed by atoms with Crippen molar-refractivity contribution in [2.45, 2.75) is 44.9 Å². The summed E-state index contributed by atoms with van der Waals surface area (Å²) in [6.45, 7) is 10.9. The lowest BCUT2D eigenvalue weighted by molar-refractivity contribution is -0.137. The second-order valence-corrected chi connectivity index (χ2v) is 10.1. The summed E-state index contributed by atoms with van der Waals surface area (Å²) >= 11 is 0. The van der Waals surface area contributed by atoms with Crippen molar-refractivity contribution in [1.29, 1.82) is 0 Å². The van der Waals surface area contributed by atoms with Crippen molar-refractivity contribution < 1.29 is 9.59 Å². The van der Waals surface area contributed by atoms with Crippen LogP contribution in [0, 0.1) is 6.92 Å². The van der Waals surface area contributed by atoms with Gasteiger partial charge in [-0.3, -0.25) is 14.6 Å². The summed E-state index contributed by atoms with van der Waals surface area (Å²) in [4.78, 5) is 36.9. The molecule has 0 saturated carbocycles. The summed E-state index contributed by atoms with van der Waals surface area (Å²) in [5.41, 5.74) is 3.41. The van der Waals surface area contributed by atoms with E-state index in [4.69, 9.17) is 0 Å². The number of benzene rings is 1. The van der Waals surface area contributed by atoms with Crippen LogP contribution in [0.5, 0.6) is 0 Å². The number of aromatic nitrogens is 1. The summed E-state index contributed by atoms with van der Waals surface area (Å²) in [5.74, 6) is 0.580. The van der Waals surface area contributed by atoms with Gasteiger partial charge in [0.25, 0.3) is 5.91 Å². The molecular formula is C27H36N4O2. The molecule has 0 atom stereocenters. The SMILES string of the molecule is Cc1ccc(C(C)(C)C(=O)N2CCC(c3ccc(C(=O)N4CCN(C)CC4)cn3)CC2)cc1. The maximum atomic E-state index is 13.3. The summed E-state index contributed by atoms with van der Waals surface area (Å²) in [6, 6.07) is 12.2. The third-order valence-electron chi connectivity index (χ3n) is 7.33. The molecule has 2 amide bonds. The Bertz CT molecular complexity index is 968. The highest BCUT2D eigenvalue weighted by molar-refractivity contribution is 5.94. The van der Waals surface area contributed by atoms with E-state index >= 15 is 0 Å². The number of aryl methyl sites for hydroxylation is 1. The zero-order valence-corrected chi connectivity index (χ0v) is 20.4. The monoisotopic (exact) mass is 448 g/mol. The van der Waals surface area contributed by atoms with E-state index in [0.717, 1.165) is 63.4 Å². The number of carbonyl (C=O) groups is 2. The van der Waals surface area contributed by atoms with Gasteiger partial charge < -0.3 is 14.7 Å². The largest absolute Gasteiger partial charge is 0.342 e. The van der Waals surface area contributed by atoms with Crippen LogP contribution in [-0.4, -0.2) is 77.8 Å². The Morgan fingerprint density at radius 2 is 1.52 bits per heavy atom. The molecule has 6 nitrogen and oxygen atoms in total. The quantitative estimate of drug-likeness (QED) is 0.719. The molecule has 33 heavy (non-hydrogen) atoms. The van der Waals surface area contributed by atoms with Crippen LogP contribution in [0.15, 0.2) is 42.6 Å². The van der Waals surface area contributed by atoms with Gasteiger partial charge in [-0.1, -0.05) is 29.8 Å². The van der Waals surface area contributed by atoms with E-state index in [9.17, 15) is 9.59 Å². The van der Waals surface area contributed by atoms with Crippen molar-refractivity contribution in [2.24, 2.45) is 0 Å². The number of likely N-dealkylation sites (N-methyl/N-ethyl adjacent to an activating group) is 1. The number of pyridine rings is 1. The molecule has 0 unspecified atom stereocenters. The fourth-order valence-corrected chi connectivity index (χ4v) is 4.83. The summed E-state index contributed by atoms with van der Waals surface area (Å²) in [5, 5.41) is 0. The van der Waals surface area contributed by atoms with Crippen LogP contribution < -0.4 is 0 Å². The van der Waals surface area contributed by atoms with Crippen LogP contribution >= 0.6 is 0 Å². The highest BCUT2D eigenvalue weighted by Crippen LogP contribution is 2.31. The van der Waals surface area contributed by atoms with Crippen LogP contribution in [-0.2, 0) is 10.2 Å². The number of nitrogens with zero attached hydrogens (tertiary/aromatic N) is 4. The van der Waals surface area contributed by atoms with Crippen molar-refractivity contribution in [2.75, 3.05) is 46.3 Å². The van der Waals surface area contributed by atoms with Crippen LogP contribution in [0.2, 0.25) is 0 Å². The molecule has 2 saturated heterocycles. The van der Waals surface area contributed by atoms with E-state index in [1.54, 1.807) is 6.20 Å². The van der Waals surface area contributed by atoms with E-state index in [1.807, 2.05) is 35.8 Å². The molecule has 176 valence electrons. The normalized spacial score (nSPS) is 18.4. The standard InChI is InChI=1S/C27H36N4O2/c1-20-5-8-23(9-6-20)27(2,3)26(33)31-13-11-21(12-14-31)24-10-7-22(19-28-24)25(32)30-17-15-29(4)16-18-30/h5-10,19,21H,11-18H2,1-4H3. The van der Waals surface area contributed by atoms with Gasteiger partial charge in [-0.2, -0.15) is 0 Å². The minimum absolute atomic E-state index is 0.0703. The highest BCUT2D eigenvalue weighted by Gasteiger charge is 2.35. The third kappa shape index (κ3) is 5.11. The molecule has 6 heteroatoms. The molecule has 3 heterocycles. The molecule has 0 aliphatic carbocycles. The van der Waals surface area contributed by atoms with Crippen LogP contribution in [0.4, 0.5) is 0 Å². The molecule has 0 spiro atoms. The number of piperazine rings is 1. The average molecular weight is 449 g/mol. The van der Waals surface area contributed by atoms with Gasteiger partial charge in [-0.25, -0.2) is 0 Å². The Labute approximate surface area is 197 Å². The molecule has 2 fully saturated rings. The maximum Gasteiger partial charge on any atom is 0.255 e. The minimum atomic E-state index is -0.538. The van der Waals surface area contributed by atoms with Crippen molar-refractivity contribution >= 4 is 11.8 Å². The molecule has 1 aromatic carbocycles. The fraction of sp³-hybridized carbons (Fsp3) is 0.519. The van der Waals surface area contributed by atoms with E-state index in [1.165, 1.54) is 5.56 Å².